The van der Waals surface area contributed by atoms with Crippen molar-refractivity contribution in [3.05, 3.63) is 68.8 Å². The molecule has 0 spiro atoms. The van der Waals surface area contributed by atoms with E-state index in [0.717, 1.165) is 6.07 Å². The first kappa shape index (κ1) is 15.9. The number of fused-ring (bicyclic) bond motifs is 1. The van der Waals surface area contributed by atoms with Gasteiger partial charge in [0, 0.05) is 5.02 Å². The number of ether oxygens (including phenoxy) is 1. The fourth-order valence-corrected chi connectivity index (χ4v) is 3.53. The van der Waals surface area contributed by atoms with Crippen LogP contribution in [-0.2, 0) is 10.3 Å². The molecule has 1 aliphatic carbocycles. The second kappa shape index (κ2) is 5.46. The van der Waals surface area contributed by atoms with Gasteiger partial charge in [0.25, 0.3) is 0 Å². The molecular formula is C18H14ClFN2O3. The molecule has 128 valence electrons. The van der Waals surface area contributed by atoms with Gasteiger partial charge in [-0.15, -0.1) is 0 Å². The summed E-state index contributed by atoms with van der Waals surface area (Å²) in [4.78, 5) is 27.1. The zero-order chi connectivity index (χ0) is 17.8. The van der Waals surface area contributed by atoms with Gasteiger partial charge < -0.3 is 9.72 Å². The van der Waals surface area contributed by atoms with Crippen molar-refractivity contribution < 1.29 is 13.9 Å². The van der Waals surface area contributed by atoms with Gasteiger partial charge in [-0.25, -0.2) is 14.0 Å². The van der Waals surface area contributed by atoms with Crippen molar-refractivity contribution in [2.75, 3.05) is 7.11 Å². The number of carbonyl (C=O) groups is 1. The number of carbonyl (C=O) groups excluding carboxylic acids is 1. The number of nitrogens with one attached hydrogen (secondary N) is 1. The zero-order valence-electron chi connectivity index (χ0n) is 13.3. The third kappa shape index (κ3) is 2.44. The molecule has 1 aromatic heterocycles. The normalized spacial score (nSPS) is 15.3. The molecule has 1 saturated carbocycles. The van der Waals surface area contributed by atoms with Gasteiger partial charge in [0.05, 0.1) is 29.2 Å². The van der Waals surface area contributed by atoms with Gasteiger partial charge >= 0.3 is 11.7 Å². The Morgan fingerprint density at radius 3 is 2.72 bits per heavy atom. The number of imidazole rings is 1. The number of hydrogen-bond acceptors (Lipinski definition) is 3. The SMILES string of the molecule is COC(=O)c1cc(F)cc(C2(n3c(=O)[nH]c4cc(Cl)ccc43)CC2)c1. The third-order valence-electron chi connectivity index (χ3n) is 4.65. The molecule has 4 rings (SSSR count). The molecule has 0 aliphatic heterocycles. The van der Waals surface area contributed by atoms with E-state index < -0.39 is 17.3 Å². The molecule has 3 aromatic rings. The third-order valence-corrected chi connectivity index (χ3v) is 4.89. The highest BCUT2D eigenvalue weighted by molar-refractivity contribution is 6.31. The predicted octanol–water partition coefficient (Wildman–Crippen LogP) is 3.45. The average Bonchev–Trinajstić information content (AvgIpc) is 3.31. The van der Waals surface area contributed by atoms with Crippen molar-refractivity contribution in [2.24, 2.45) is 0 Å². The molecule has 0 atom stereocenters. The summed E-state index contributed by atoms with van der Waals surface area (Å²) >= 11 is 5.99. The molecule has 0 saturated heterocycles. The summed E-state index contributed by atoms with van der Waals surface area (Å²) in [6, 6.07) is 9.22. The number of rotatable bonds is 3. The van der Waals surface area contributed by atoms with E-state index in [2.05, 4.69) is 9.72 Å². The van der Waals surface area contributed by atoms with E-state index in [1.54, 1.807) is 28.8 Å². The lowest BCUT2D eigenvalue weighted by molar-refractivity contribution is 0.0600. The first-order valence-corrected chi connectivity index (χ1v) is 8.12. The topological polar surface area (TPSA) is 64.1 Å². The molecule has 0 unspecified atom stereocenters. The van der Waals surface area contributed by atoms with Crippen LogP contribution in [-0.4, -0.2) is 22.6 Å². The number of nitrogens with zero attached hydrogens (tertiary/aromatic N) is 1. The molecule has 1 heterocycles. The summed E-state index contributed by atoms with van der Waals surface area (Å²) in [5, 5.41) is 0.518. The molecule has 0 amide bonds. The van der Waals surface area contributed by atoms with Crippen LogP contribution in [0.5, 0.6) is 0 Å². The van der Waals surface area contributed by atoms with Crippen molar-refractivity contribution in [1.29, 1.82) is 0 Å². The predicted molar refractivity (Wildman–Crippen MR) is 91.6 cm³/mol. The number of benzene rings is 2. The smallest absolute Gasteiger partial charge is 0.337 e. The molecule has 25 heavy (non-hydrogen) atoms. The Bertz CT molecular complexity index is 1070. The number of hydrogen-bond donors (Lipinski definition) is 1. The first-order valence-electron chi connectivity index (χ1n) is 7.75. The van der Waals surface area contributed by atoms with Crippen molar-refractivity contribution in [1.82, 2.24) is 9.55 Å². The van der Waals surface area contributed by atoms with Crippen molar-refractivity contribution in [3.8, 4) is 0 Å². The molecular weight excluding hydrogens is 347 g/mol. The van der Waals surface area contributed by atoms with Gasteiger partial charge in [-0.1, -0.05) is 11.6 Å². The van der Waals surface area contributed by atoms with Crippen LogP contribution in [0.4, 0.5) is 4.39 Å². The Kier molecular flexibility index (Phi) is 3.47. The molecule has 1 N–H and O–H groups in total. The Labute approximate surface area is 147 Å². The largest absolute Gasteiger partial charge is 0.465 e. The summed E-state index contributed by atoms with van der Waals surface area (Å²) in [6.07, 6.45) is 1.35. The van der Waals surface area contributed by atoms with Gasteiger partial charge in [0.1, 0.15) is 5.82 Å². The zero-order valence-corrected chi connectivity index (χ0v) is 14.1. The molecule has 1 aliphatic rings. The highest BCUT2D eigenvalue weighted by Crippen LogP contribution is 2.50. The quantitative estimate of drug-likeness (QED) is 0.728. The Hall–Kier alpha value is -2.60. The number of halogens is 2. The van der Waals surface area contributed by atoms with Crippen LogP contribution in [0.2, 0.25) is 5.02 Å². The fraction of sp³-hybridized carbons (Fsp3) is 0.222. The summed E-state index contributed by atoms with van der Waals surface area (Å²) < 4.78 is 20.4. The molecule has 7 heteroatoms. The molecule has 2 aromatic carbocycles. The van der Waals surface area contributed by atoms with E-state index in [1.807, 2.05) is 0 Å². The van der Waals surface area contributed by atoms with Gasteiger partial charge in [0.15, 0.2) is 0 Å². The van der Waals surface area contributed by atoms with Crippen molar-refractivity contribution >= 4 is 28.6 Å². The standard InChI is InChI=1S/C18H14ClFN2O3/c1-25-16(23)10-6-11(8-13(20)7-10)18(4-5-18)22-15-3-2-12(19)9-14(15)21-17(22)24/h2-3,6-9H,4-5H2,1H3,(H,21,24). The van der Waals surface area contributed by atoms with Gasteiger partial charge in [-0.2, -0.15) is 0 Å². The number of aromatic amines is 1. The van der Waals surface area contributed by atoms with E-state index >= 15 is 0 Å². The maximum atomic E-state index is 14.1. The lowest BCUT2D eigenvalue weighted by Crippen LogP contribution is -2.29. The van der Waals surface area contributed by atoms with E-state index in [-0.39, 0.29) is 11.3 Å². The lowest BCUT2D eigenvalue weighted by Gasteiger charge is -2.19. The summed E-state index contributed by atoms with van der Waals surface area (Å²) in [5.74, 6) is -1.16. The van der Waals surface area contributed by atoms with Crippen LogP contribution in [0.3, 0.4) is 0 Å². The summed E-state index contributed by atoms with van der Waals surface area (Å²) in [7, 11) is 1.24. The highest BCUT2D eigenvalue weighted by atomic mass is 35.5. The van der Waals surface area contributed by atoms with E-state index in [0.29, 0.717) is 34.5 Å². The summed E-state index contributed by atoms with van der Waals surface area (Å²) in [6.45, 7) is 0. The minimum absolute atomic E-state index is 0.125. The lowest BCUT2D eigenvalue weighted by atomic mass is 10.0. The fourth-order valence-electron chi connectivity index (χ4n) is 3.36. The number of aromatic nitrogens is 2. The van der Waals surface area contributed by atoms with Crippen LogP contribution in [0.15, 0.2) is 41.2 Å². The van der Waals surface area contributed by atoms with Crippen LogP contribution in [0, 0.1) is 5.82 Å². The monoisotopic (exact) mass is 360 g/mol. The minimum atomic E-state index is -0.673. The van der Waals surface area contributed by atoms with Crippen LogP contribution < -0.4 is 5.69 Å². The Morgan fingerprint density at radius 2 is 2.04 bits per heavy atom. The minimum Gasteiger partial charge on any atom is -0.465 e. The molecule has 1 fully saturated rings. The van der Waals surface area contributed by atoms with Crippen LogP contribution in [0.1, 0.15) is 28.8 Å². The average molecular weight is 361 g/mol. The van der Waals surface area contributed by atoms with E-state index in [4.69, 9.17) is 11.6 Å². The number of methoxy groups -OCH3 is 1. The Balaban J connectivity index is 1.92. The number of H-pyrrole nitrogens is 1. The van der Waals surface area contributed by atoms with Crippen LogP contribution in [0.25, 0.3) is 11.0 Å². The van der Waals surface area contributed by atoms with Gasteiger partial charge in [-0.3, -0.25) is 4.57 Å². The molecule has 5 nitrogen and oxygen atoms in total. The maximum Gasteiger partial charge on any atom is 0.337 e. The summed E-state index contributed by atoms with van der Waals surface area (Å²) in [5.41, 5.74) is 1.04. The molecule has 0 radical (unpaired) electrons. The second-order valence-corrected chi connectivity index (χ2v) is 6.62. The van der Waals surface area contributed by atoms with Crippen molar-refractivity contribution in [3.63, 3.8) is 0 Å². The van der Waals surface area contributed by atoms with Gasteiger partial charge in [-0.05, 0) is 54.8 Å². The van der Waals surface area contributed by atoms with Crippen molar-refractivity contribution in [2.45, 2.75) is 18.4 Å². The van der Waals surface area contributed by atoms with Gasteiger partial charge in [0.2, 0.25) is 0 Å². The Morgan fingerprint density at radius 1 is 1.28 bits per heavy atom. The highest BCUT2D eigenvalue weighted by Gasteiger charge is 2.48. The maximum absolute atomic E-state index is 14.1. The molecule has 0 bridgehead atoms. The van der Waals surface area contributed by atoms with E-state index in [9.17, 15) is 14.0 Å². The first-order chi connectivity index (χ1) is 11.9. The number of esters is 1. The van der Waals surface area contributed by atoms with E-state index in [1.165, 1.54) is 13.2 Å². The van der Waals surface area contributed by atoms with Crippen LogP contribution >= 0.6 is 11.6 Å². The second-order valence-electron chi connectivity index (χ2n) is 6.18.